The van der Waals surface area contributed by atoms with Crippen LogP contribution in [0.2, 0.25) is 0 Å². The van der Waals surface area contributed by atoms with Crippen molar-refractivity contribution in [2.45, 2.75) is 65.3 Å². The first kappa shape index (κ1) is 13.1. The van der Waals surface area contributed by atoms with Crippen molar-refractivity contribution in [2.24, 2.45) is 17.8 Å². The maximum absolute atomic E-state index is 3.59. The zero-order chi connectivity index (χ0) is 12.3. The summed E-state index contributed by atoms with van der Waals surface area (Å²) in [6.45, 7) is 8.38. The van der Waals surface area contributed by atoms with Gasteiger partial charge in [0, 0.05) is 6.04 Å². The van der Waals surface area contributed by atoms with E-state index in [9.17, 15) is 0 Å². The van der Waals surface area contributed by atoms with Crippen molar-refractivity contribution >= 4 is 0 Å². The van der Waals surface area contributed by atoms with Crippen LogP contribution in [0.15, 0.2) is 11.6 Å². The maximum Gasteiger partial charge on any atom is 0.00683 e. The Bertz CT molecular complexity index is 265. The number of allylic oxidation sites excluding steroid dienone is 1. The largest absolute Gasteiger partial charge is 0.314 e. The number of hydrogen-bond donors (Lipinski definition) is 1. The first-order valence-corrected chi connectivity index (χ1v) is 7.57. The van der Waals surface area contributed by atoms with Crippen LogP contribution in [0.1, 0.15) is 59.3 Å². The predicted molar refractivity (Wildman–Crippen MR) is 75.1 cm³/mol. The minimum absolute atomic E-state index is 0.860. The SMILES string of the molecule is CC(=CCCNC1CC1)C1CCC(C)C(C)C1. The molecule has 2 fully saturated rings. The molecule has 0 spiro atoms. The van der Waals surface area contributed by atoms with Crippen LogP contribution in [0.3, 0.4) is 0 Å². The third kappa shape index (κ3) is 4.13. The van der Waals surface area contributed by atoms with E-state index in [0.717, 1.165) is 23.8 Å². The van der Waals surface area contributed by atoms with Gasteiger partial charge in [0.2, 0.25) is 0 Å². The zero-order valence-electron chi connectivity index (χ0n) is 11.8. The molecule has 3 unspecified atom stereocenters. The fraction of sp³-hybridized carbons (Fsp3) is 0.875. The van der Waals surface area contributed by atoms with Crippen molar-refractivity contribution in [1.29, 1.82) is 0 Å². The fourth-order valence-corrected chi connectivity index (χ4v) is 3.00. The van der Waals surface area contributed by atoms with Crippen LogP contribution in [0.5, 0.6) is 0 Å². The molecule has 1 heteroatoms. The van der Waals surface area contributed by atoms with Gasteiger partial charge in [-0.15, -0.1) is 0 Å². The second kappa shape index (κ2) is 6.04. The average molecular weight is 235 g/mol. The second-order valence-electron chi connectivity index (χ2n) is 6.43. The summed E-state index contributed by atoms with van der Waals surface area (Å²) in [5.41, 5.74) is 1.65. The molecule has 0 aromatic rings. The van der Waals surface area contributed by atoms with E-state index in [1.807, 2.05) is 0 Å². The van der Waals surface area contributed by atoms with Crippen molar-refractivity contribution in [3.8, 4) is 0 Å². The molecule has 2 aliphatic rings. The highest BCUT2D eigenvalue weighted by Crippen LogP contribution is 2.36. The van der Waals surface area contributed by atoms with E-state index in [1.54, 1.807) is 5.57 Å². The number of nitrogens with one attached hydrogen (secondary N) is 1. The van der Waals surface area contributed by atoms with Gasteiger partial charge in [0.1, 0.15) is 0 Å². The number of rotatable bonds is 5. The van der Waals surface area contributed by atoms with Crippen molar-refractivity contribution in [3.63, 3.8) is 0 Å². The van der Waals surface area contributed by atoms with Gasteiger partial charge in [0.15, 0.2) is 0 Å². The van der Waals surface area contributed by atoms with Gasteiger partial charge in [-0.2, -0.15) is 0 Å². The van der Waals surface area contributed by atoms with Crippen LogP contribution in [0, 0.1) is 17.8 Å². The molecule has 0 aromatic heterocycles. The molecule has 0 aliphatic heterocycles. The summed E-state index contributed by atoms with van der Waals surface area (Å²) in [4.78, 5) is 0. The Morgan fingerprint density at radius 1 is 1.12 bits per heavy atom. The summed E-state index contributed by atoms with van der Waals surface area (Å²) < 4.78 is 0. The molecular formula is C16H29N. The smallest absolute Gasteiger partial charge is 0.00683 e. The summed E-state index contributed by atoms with van der Waals surface area (Å²) in [5.74, 6) is 2.74. The summed E-state index contributed by atoms with van der Waals surface area (Å²) in [6, 6.07) is 0.860. The van der Waals surface area contributed by atoms with Crippen LogP contribution >= 0.6 is 0 Å². The first-order chi connectivity index (χ1) is 8.16. The normalized spacial score (nSPS) is 35.0. The van der Waals surface area contributed by atoms with E-state index < -0.39 is 0 Å². The minimum atomic E-state index is 0.860. The van der Waals surface area contributed by atoms with Gasteiger partial charge >= 0.3 is 0 Å². The van der Waals surface area contributed by atoms with E-state index in [2.05, 4.69) is 32.2 Å². The lowest BCUT2D eigenvalue weighted by Gasteiger charge is -2.32. The maximum atomic E-state index is 3.59. The van der Waals surface area contributed by atoms with Gasteiger partial charge in [0.05, 0.1) is 0 Å². The first-order valence-electron chi connectivity index (χ1n) is 7.57. The molecule has 0 heterocycles. The lowest BCUT2D eigenvalue weighted by molar-refractivity contribution is 0.229. The van der Waals surface area contributed by atoms with Crippen LogP contribution in [-0.2, 0) is 0 Å². The quantitative estimate of drug-likeness (QED) is 0.557. The van der Waals surface area contributed by atoms with Crippen molar-refractivity contribution in [2.75, 3.05) is 6.54 Å². The molecule has 0 amide bonds. The van der Waals surface area contributed by atoms with Gasteiger partial charge in [-0.25, -0.2) is 0 Å². The Balaban J connectivity index is 1.69. The average Bonchev–Trinajstić information content (AvgIpc) is 3.12. The van der Waals surface area contributed by atoms with Gasteiger partial charge in [-0.3, -0.25) is 0 Å². The minimum Gasteiger partial charge on any atom is -0.314 e. The number of hydrogen-bond acceptors (Lipinski definition) is 1. The van der Waals surface area contributed by atoms with Gasteiger partial charge < -0.3 is 5.32 Å². The van der Waals surface area contributed by atoms with Crippen LogP contribution in [-0.4, -0.2) is 12.6 Å². The molecule has 2 rings (SSSR count). The Hall–Kier alpha value is -0.300. The second-order valence-corrected chi connectivity index (χ2v) is 6.43. The summed E-state index contributed by atoms with van der Waals surface area (Å²) in [7, 11) is 0. The highest BCUT2D eigenvalue weighted by atomic mass is 14.9. The Morgan fingerprint density at radius 3 is 2.53 bits per heavy atom. The topological polar surface area (TPSA) is 12.0 Å². The third-order valence-electron chi connectivity index (χ3n) is 4.86. The highest BCUT2D eigenvalue weighted by Gasteiger charge is 2.25. The molecule has 98 valence electrons. The van der Waals surface area contributed by atoms with Crippen molar-refractivity contribution in [1.82, 2.24) is 5.32 Å². The molecule has 0 saturated heterocycles. The molecule has 2 saturated carbocycles. The monoisotopic (exact) mass is 235 g/mol. The molecule has 1 N–H and O–H groups in total. The molecule has 17 heavy (non-hydrogen) atoms. The van der Waals surface area contributed by atoms with Crippen molar-refractivity contribution in [3.05, 3.63) is 11.6 Å². The molecule has 0 aromatic carbocycles. The predicted octanol–water partition coefficient (Wildman–Crippen LogP) is 4.15. The summed E-state index contributed by atoms with van der Waals surface area (Å²) in [6.07, 6.45) is 10.8. The lowest BCUT2D eigenvalue weighted by atomic mass is 9.73. The standard InChI is InChI=1S/C16H29N/c1-12-6-7-15(11-14(12)3)13(2)5-4-10-17-16-8-9-16/h5,12,14-17H,4,6-11H2,1-3H3. The van der Waals surface area contributed by atoms with E-state index in [1.165, 1.54) is 45.1 Å². The van der Waals surface area contributed by atoms with E-state index in [-0.39, 0.29) is 0 Å². The van der Waals surface area contributed by atoms with Crippen LogP contribution in [0.4, 0.5) is 0 Å². The van der Waals surface area contributed by atoms with Crippen molar-refractivity contribution < 1.29 is 0 Å². The highest BCUT2D eigenvalue weighted by molar-refractivity contribution is 5.05. The molecular weight excluding hydrogens is 206 g/mol. The Labute approximate surface area is 107 Å². The van der Waals surface area contributed by atoms with Gasteiger partial charge in [0.25, 0.3) is 0 Å². The van der Waals surface area contributed by atoms with Crippen LogP contribution in [0.25, 0.3) is 0 Å². The third-order valence-corrected chi connectivity index (χ3v) is 4.86. The van der Waals surface area contributed by atoms with Gasteiger partial charge in [-0.1, -0.05) is 25.5 Å². The molecule has 3 atom stereocenters. The van der Waals surface area contributed by atoms with Gasteiger partial charge in [-0.05, 0) is 69.7 Å². The van der Waals surface area contributed by atoms with E-state index >= 15 is 0 Å². The zero-order valence-corrected chi connectivity index (χ0v) is 11.8. The molecule has 0 bridgehead atoms. The fourth-order valence-electron chi connectivity index (χ4n) is 3.00. The Kier molecular flexibility index (Phi) is 4.67. The molecule has 2 aliphatic carbocycles. The summed E-state index contributed by atoms with van der Waals surface area (Å²) >= 11 is 0. The van der Waals surface area contributed by atoms with E-state index in [0.29, 0.717) is 0 Å². The summed E-state index contributed by atoms with van der Waals surface area (Å²) in [5, 5.41) is 3.59. The molecule has 1 nitrogen and oxygen atoms in total. The Morgan fingerprint density at radius 2 is 1.88 bits per heavy atom. The molecule has 0 radical (unpaired) electrons. The van der Waals surface area contributed by atoms with Crippen LogP contribution < -0.4 is 5.32 Å². The van der Waals surface area contributed by atoms with E-state index in [4.69, 9.17) is 0 Å². The lowest BCUT2D eigenvalue weighted by Crippen LogP contribution is -2.21.